The summed E-state index contributed by atoms with van der Waals surface area (Å²) in [6.45, 7) is 0. The van der Waals surface area contributed by atoms with Crippen molar-refractivity contribution < 1.29 is 0 Å². The summed E-state index contributed by atoms with van der Waals surface area (Å²) in [5.74, 6) is 0. The Bertz CT molecular complexity index is 173. The lowest BCUT2D eigenvalue weighted by Crippen LogP contribution is -1.76. The average Bonchev–Trinajstić information content (AvgIpc) is 2.21. The molecule has 44 valence electrons. The Morgan fingerprint density at radius 3 is 2.67 bits per heavy atom. The summed E-state index contributed by atoms with van der Waals surface area (Å²) < 4.78 is 0. The second kappa shape index (κ2) is 1.87. The minimum absolute atomic E-state index is 1.09. The molecule has 0 spiro atoms. The summed E-state index contributed by atoms with van der Waals surface area (Å²) >= 11 is 0. The highest BCUT2D eigenvalue weighted by Gasteiger charge is 2.01. The fourth-order valence-electron chi connectivity index (χ4n) is 1.14. The molecule has 2 bridgehead atoms. The number of hydrogen-bond donors (Lipinski definition) is 0. The molecule has 0 atom stereocenters. The Labute approximate surface area is 55.5 Å². The van der Waals surface area contributed by atoms with Crippen molar-refractivity contribution in [1.29, 1.82) is 0 Å². The van der Waals surface area contributed by atoms with Gasteiger partial charge in [-0.1, -0.05) is 24.3 Å². The van der Waals surface area contributed by atoms with Gasteiger partial charge in [-0.3, -0.25) is 0 Å². The molecular weight excluding hydrogens is 108 g/mol. The molecule has 0 N–H and O–H groups in total. The van der Waals surface area contributed by atoms with E-state index in [0.717, 1.165) is 12.8 Å². The van der Waals surface area contributed by atoms with E-state index in [-0.39, 0.29) is 0 Å². The Kier molecular flexibility index (Phi) is 1.05. The summed E-state index contributed by atoms with van der Waals surface area (Å²) in [7, 11) is 0. The Morgan fingerprint density at radius 1 is 1.11 bits per heavy atom. The SMILES string of the molecule is [C]1CCc2ccc1cc2. The summed E-state index contributed by atoms with van der Waals surface area (Å²) in [6.07, 6.45) is 5.55. The van der Waals surface area contributed by atoms with Crippen molar-refractivity contribution in [1.82, 2.24) is 0 Å². The Balaban J connectivity index is 2.53. The highest BCUT2D eigenvalue weighted by Crippen LogP contribution is 2.16. The monoisotopic (exact) mass is 116 g/mol. The van der Waals surface area contributed by atoms with E-state index >= 15 is 0 Å². The van der Waals surface area contributed by atoms with E-state index in [2.05, 4.69) is 30.7 Å². The van der Waals surface area contributed by atoms with E-state index in [4.69, 9.17) is 0 Å². The molecule has 1 aromatic carbocycles. The van der Waals surface area contributed by atoms with Crippen LogP contribution in [0.25, 0.3) is 0 Å². The molecule has 3 rings (SSSR count). The van der Waals surface area contributed by atoms with Gasteiger partial charge < -0.3 is 0 Å². The number of hydrogen-bond acceptors (Lipinski definition) is 0. The van der Waals surface area contributed by atoms with Crippen LogP contribution in [0.5, 0.6) is 0 Å². The number of fused-ring (bicyclic) bond motifs is 4. The van der Waals surface area contributed by atoms with Gasteiger partial charge in [-0.15, -0.1) is 0 Å². The van der Waals surface area contributed by atoms with Crippen LogP contribution < -0.4 is 0 Å². The van der Waals surface area contributed by atoms with Crippen molar-refractivity contribution in [2.45, 2.75) is 12.8 Å². The van der Waals surface area contributed by atoms with Gasteiger partial charge in [0.05, 0.1) is 0 Å². The molecule has 0 saturated carbocycles. The topological polar surface area (TPSA) is 0 Å². The quantitative estimate of drug-likeness (QED) is 0.486. The smallest absolute Gasteiger partial charge is 0.0168 e. The first-order valence-corrected chi connectivity index (χ1v) is 3.28. The second-order valence-electron chi connectivity index (χ2n) is 2.37. The van der Waals surface area contributed by atoms with Gasteiger partial charge >= 0.3 is 0 Å². The van der Waals surface area contributed by atoms with Crippen LogP contribution in [-0.4, -0.2) is 0 Å². The van der Waals surface area contributed by atoms with Crippen LogP contribution in [0.4, 0.5) is 0 Å². The van der Waals surface area contributed by atoms with Gasteiger partial charge in [-0.25, -0.2) is 0 Å². The van der Waals surface area contributed by atoms with Crippen LogP contribution in [0.2, 0.25) is 0 Å². The molecule has 2 aliphatic carbocycles. The predicted octanol–water partition coefficient (Wildman–Crippen LogP) is 2.06. The third kappa shape index (κ3) is 0.849. The average molecular weight is 116 g/mol. The third-order valence-corrected chi connectivity index (χ3v) is 1.70. The highest BCUT2D eigenvalue weighted by atomic mass is 14.1. The molecule has 0 saturated heterocycles. The molecular formula is C9H8. The van der Waals surface area contributed by atoms with Crippen LogP contribution in [0.1, 0.15) is 17.5 Å². The maximum Gasteiger partial charge on any atom is 0.0168 e. The molecule has 0 nitrogen and oxygen atoms in total. The largest absolute Gasteiger partial charge is 0.0587 e. The zero-order valence-corrected chi connectivity index (χ0v) is 5.22. The van der Waals surface area contributed by atoms with Gasteiger partial charge in [0.1, 0.15) is 0 Å². The van der Waals surface area contributed by atoms with Gasteiger partial charge in [0, 0.05) is 6.42 Å². The first-order chi connectivity index (χ1) is 4.45. The van der Waals surface area contributed by atoms with Crippen molar-refractivity contribution in [3.8, 4) is 0 Å². The molecule has 0 amide bonds. The van der Waals surface area contributed by atoms with Crippen LogP contribution in [-0.2, 0) is 6.42 Å². The number of aryl methyl sites for hydroxylation is 1. The molecule has 2 aliphatic rings. The van der Waals surface area contributed by atoms with Gasteiger partial charge in [0.15, 0.2) is 0 Å². The number of rotatable bonds is 0. The van der Waals surface area contributed by atoms with Crippen LogP contribution in [0.3, 0.4) is 0 Å². The van der Waals surface area contributed by atoms with Crippen molar-refractivity contribution in [2.24, 2.45) is 0 Å². The first-order valence-electron chi connectivity index (χ1n) is 3.28. The van der Waals surface area contributed by atoms with E-state index in [0.29, 0.717) is 0 Å². The first kappa shape index (κ1) is 5.04. The molecule has 0 fully saturated rings. The second-order valence-corrected chi connectivity index (χ2v) is 2.37. The van der Waals surface area contributed by atoms with Crippen LogP contribution in [0.15, 0.2) is 24.3 Å². The van der Waals surface area contributed by atoms with Crippen molar-refractivity contribution in [3.05, 3.63) is 41.8 Å². The van der Waals surface area contributed by atoms with Gasteiger partial charge in [0.2, 0.25) is 0 Å². The normalized spacial score (nSPS) is 15.6. The fourth-order valence-corrected chi connectivity index (χ4v) is 1.14. The molecule has 0 unspecified atom stereocenters. The summed E-state index contributed by atoms with van der Waals surface area (Å²) in [5.41, 5.74) is 2.68. The standard InChI is InChI=1S/C9H8/c1-2-8-4-6-9(3-1)7-5-8/h4-7H,1-2H2. The summed E-state index contributed by atoms with van der Waals surface area (Å²) in [4.78, 5) is 0. The zero-order valence-electron chi connectivity index (χ0n) is 5.22. The lowest BCUT2D eigenvalue weighted by atomic mass is 10.2. The highest BCUT2D eigenvalue weighted by molar-refractivity contribution is 5.30. The van der Waals surface area contributed by atoms with Crippen molar-refractivity contribution in [2.75, 3.05) is 0 Å². The lowest BCUT2D eigenvalue weighted by Gasteiger charge is -1.89. The van der Waals surface area contributed by atoms with Crippen molar-refractivity contribution >= 4 is 0 Å². The van der Waals surface area contributed by atoms with E-state index in [1.807, 2.05) is 0 Å². The van der Waals surface area contributed by atoms with Crippen LogP contribution in [0, 0.1) is 6.42 Å². The lowest BCUT2D eigenvalue weighted by molar-refractivity contribution is 0.975. The third-order valence-electron chi connectivity index (χ3n) is 1.70. The molecule has 0 aliphatic heterocycles. The minimum Gasteiger partial charge on any atom is -0.0587 e. The maximum absolute atomic E-state index is 3.30. The molecule has 1 aromatic rings. The molecule has 2 radical (unpaired) electrons. The predicted molar refractivity (Wildman–Crippen MR) is 37.1 cm³/mol. The summed E-state index contributed by atoms with van der Waals surface area (Å²) in [6, 6.07) is 8.61. The van der Waals surface area contributed by atoms with E-state index in [9.17, 15) is 0 Å². The Morgan fingerprint density at radius 2 is 1.89 bits per heavy atom. The van der Waals surface area contributed by atoms with Crippen molar-refractivity contribution in [3.63, 3.8) is 0 Å². The summed E-state index contributed by atoms with van der Waals surface area (Å²) in [5, 5.41) is 0. The van der Waals surface area contributed by atoms with Gasteiger partial charge in [0.25, 0.3) is 0 Å². The maximum atomic E-state index is 3.30. The molecule has 0 heteroatoms. The molecule has 0 heterocycles. The fraction of sp³-hybridized carbons (Fsp3) is 0.222. The molecule has 0 aromatic heterocycles. The van der Waals surface area contributed by atoms with E-state index in [1.165, 1.54) is 11.1 Å². The number of benzene rings is 1. The zero-order chi connectivity index (χ0) is 6.10. The van der Waals surface area contributed by atoms with Gasteiger partial charge in [-0.2, -0.15) is 0 Å². The van der Waals surface area contributed by atoms with E-state index < -0.39 is 0 Å². The molecule has 9 heavy (non-hydrogen) atoms. The van der Waals surface area contributed by atoms with Gasteiger partial charge in [-0.05, 0) is 24.0 Å². The minimum atomic E-state index is 1.09. The van der Waals surface area contributed by atoms with E-state index in [1.54, 1.807) is 0 Å². The van der Waals surface area contributed by atoms with Crippen LogP contribution >= 0.6 is 0 Å². The Hall–Kier alpha value is -0.780.